The fourth-order valence-corrected chi connectivity index (χ4v) is 2.42. The Labute approximate surface area is 91.6 Å². The third-order valence-corrected chi connectivity index (χ3v) is 3.49. The summed E-state index contributed by atoms with van der Waals surface area (Å²) < 4.78 is 0. The van der Waals surface area contributed by atoms with E-state index < -0.39 is 0 Å². The van der Waals surface area contributed by atoms with Gasteiger partial charge in [0.25, 0.3) is 0 Å². The maximum absolute atomic E-state index is 11.5. The van der Waals surface area contributed by atoms with Crippen LogP contribution in [0.5, 0.6) is 0 Å². The number of likely N-dealkylation sites (tertiary alicyclic amines) is 1. The standard InChI is InChI=1S/C11H21N3O/c1-13-5-2-10(8-11(13)15)9-14-6-3-12-4-7-14/h10,12H,2-9H2,1H3. The summed E-state index contributed by atoms with van der Waals surface area (Å²) in [5, 5.41) is 3.35. The SMILES string of the molecule is CN1CCC(CN2CCNCC2)CC1=O. The summed E-state index contributed by atoms with van der Waals surface area (Å²) in [6.07, 6.45) is 1.92. The average Bonchev–Trinajstić information content (AvgIpc) is 2.25. The maximum Gasteiger partial charge on any atom is 0.222 e. The molecule has 86 valence electrons. The van der Waals surface area contributed by atoms with Crippen LogP contribution in [-0.2, 0) is 4.79 Å². The van der Waals surface area contributed by atoms with Gasteiger partial charge in [0.2, 0.25) is 5.91 Å². The van der Waals surface area contributed by atoms with Crippen LogP contribution in [0.3, 0.4) is 0 Å². The zero-order chi connectivity index (χ0) is 10.7. The number of hydrogen-bond donors (Lipinski definition) is 1. The first-order valence-electron chi connectivity index (χ1n) is 5.93. The van der Waals surface area contributed by atoms with E-state index in [0.717, 1.165) is 45.7 Å². The first kappa shape index (κ1) is 10.9. The molecular weight excluding hydrogens is 190 g/mol. The smallest absolute Gasteiger partial charge is 0.222 e. The van der Waals surface area contributed by atoms with Crippen LogP contribution < -0.4 is 5.32 Å². The molecule has 2 saturated heterocycles. The molecule has 0 aromatic heterocycles. The fraction of sp³-hybridized carbons (Fsp3) is 0.909. The number of carbonyl (C=O) groups is 1. The number of piperazine rings is 1. The normalized spacial score (nSPS) is 29.5. The van der Waals surface area contributed by atoms with Crippen molar-refractivity contribution in [3.05, 3.63) is 0 Å². The third kappa shape index (κ3) is 2.92. The number of amides is 1. The molecule has 0 saturated carbocycles. The second-order valence-electron chi connectivity index (χ2n) is 4.72. The molecule has 2 aliphatic rings. The Balaban J connectivity index is 1.77. The van der Waals surface area contributed by atoms with Crippen molar-refractivity contribution >= 4 is 5.91 Å². The lowest BCUT2D eigenvalue weighted by molar-refractivity contribution is -0.133. The topological polar surface area (TPSA) is 35.6 Å². The number of hydrogen-bond acceptors (Lipinski definition) is 3. The predicted molar refractivity (Wildman–Crippen MR) is 59.7 cm³/mol. The Hall–Kier alpha value is -0.610. The molecule has 1 atom stereocenters. The first-order valence-corrected chi connectivity index (χ1v) is 5.93. The van der Waals surface area contributed by atoms with Gasteiger partial charge in [-0.1, -0.05) is 0 Å². The van der Waals surface area contributed by atoms with Gasteiger partial charge in [-0.15, -0.1) is 0 Å². The van der Waals surface area contributed by atoms with Gasteiger partial charge in [-0.25, -0.2) is 0 Å². The van der Waals surface area contributed by atoms with Crippen molar-refractivity contribution in [3.63, 3.8) is 0 Å². The molecule has 2 heterocycles. The quantitative estimate of drug-likeness (QED) is 0.685. The van der Waals surface area contributed by atoms with Crippen LogP contribution in [-0.4, -0.2) is 62.0 Å². The molecule has 0 aromatic carbocycles. The molecule has 1 unspecified atom stereocenters. The van der Waals surface area contributed by atoms with Gasteiger partial charge >= 0.3 is 0 Å². The molecule has 4 heteroatoms. The highest BCUT2D eigenvalue weighted by atomic mass is 16.2. The largest absolute Gasteiger partial charge is 0.346 e. The number of nitrogens with zero attached hydrogens (tertiary/aromatic N) is 2. The summed E-state index contributed by atoms with van der Waals surface area (Å²) in [6, 6.07) is 0. The molecule has 0 radical (unpaired) electrons. The molecule has 2 aliphatic heterocycles. The highest BCUT2D eigenvalue weighted by Gasteiger charge is 2.25. The van der Waals surface area contributed by atoms with E-state index in [9.17, 15) is 4.79 Å². The van der Waals surface area contributed by atoms with Crippen LogP contribution >= 0.6 is 0 Å². The van der Waals surface area contributed by atoms with Crippen molar-refractivity contribution in [2.45, 2.75) is 12.8 Å². The Bertz CT molecular complexity index is 226. The molecule has 2 rings (SSSR count). The van der Waals surface area contributed by atoms with Gasteiger partial charge in [0.05, 0.1) is 0 Å². The third-order valence-electron chi connectivity index (χ3n) is 3.49. The van der Waals surface area contributed by atoms with Crippen LogP contribution in [0.4, 0.5) is 0 Å². The first-order chi connectivity index (χ1) is 7.25. The molecule has 0 aromatic rings. The van der Waals surface area contributed by atoms with E-state index in [1.165, 1.54) is 6.42 Å². The minimum Gasteiger partial charge on any atom is -0.346 e. The van der Waals surface area contributed by atoms with Crippen LogP contribution in [0.25, 0.3) is 0 Å². The highest BCUT2D eigenvalue weighted by molar-refractivity contribution is 5.76. The van der Waals surface area contributed by atoms with Crippen molar-refractivity contribution in [2.24, 2.45) is 5.92 Å². The van der Waals surface area contributed by atoms with Gasteiger partial charge < -0.3 is 15.1 Å². The van der Waals surface area contributed by atoms with E-state index >= 15 is 0 Å². The van der Waals surface area contributed by atoms with E-state index in [-0.39, 0.29) is 0 Å². The van der Waals surface area contributed by atoms with Gasteiger partial charge in [-0.3, -0.25) is 4.79 Å². The van der Waals surface area contributed by atoms with Crippen molar-refractivity contribution in [1.29, 1.82) is 0 Å². The van der Waals surface area contributed by atoms with Crippen LogP contribution in [0.2, 0.25) is 0 Å². The number of piperidine rings is 1. The molecule has 1 amide bonds. The highest BCUT2D eigenvalue weighted by Crippen LogP contribution is 2.18. The molecular formula is C11H21N3O. The van der Waals surface area contributed by atoms with Crippen LogP contribution in [0.15, 0.2) is 0 Å². The zero-order valence-corrected chi connectivity index (χ0v) is 9.54. The Kier molecular flexibility index (Phi) is 3.59. The Morgan fingerprint density at radius 2 is 2.07 bits per heavy atom. The van der Waals surface area contributed by atoms with Crippen molar-refractivity contribution in [1.82, 2.24) is 15.1 Å². The summed E-state index contributed by atoms with van der Waals surface area (Å²) >= 11 is 0. The van der Waals surface area contributed by atoms with Crippen molar-refractivity contribution in [3.8, 4) is 0 Å². The maximum atomic E-state index is 11.5. The Morgan fingerprint density at radius 3 is 2.73 bits per heavy atom. The molecule has 0 aliphatic carbocycles. The monoisotopic (exact) mass is 211 g/mol. The van der Waals surface area contributed by atoms with Gasteiger partial charge in [-0.05, 0) is 12.3 Å². The average molecular weight is 211 g/mol. The lowest BCUT2D eigenvalue weighted by Gasteiger charge is -2.34. The Morgan fingerprint density at radius 1 is 1.33 bits per heavy atom. The van der Waals surface area contributed by atoms with E-state index in [2.05, 4.69) is 10.2 Å². The van der Waals surface area contributed by atoms with E-state index in [0.29, 0.717) is 11.8 Å². The van der Waals surface area contributed by atoms with E-state index in [4.69, 9.17) is 0 Å². The summed E-state index contributed by atoms with van der Waals surface area (Å²) in [6.45, 7) is 6.53. The summed E-state index contributed by atoms with van der Waals surface area (Å²) in [7, 11) is 1.91. The van der Waals surface area contributed by atoms with Gasteiger partial charge in [-0.2, -0.15) is 0 Å². The molecule has 1 N–H and O–H groups in total. The second kappa shape index (κ2) is 4.94. The van der Waals surface area contributed by atoms with E-state index in [1.54, 1.807) is 0 Å². The van der Waals surface area contributed by atoms with Crippen LogP contribution in [0, 0.1) is 5.92 Å². The molecule has 2 fully saturated rings. The minimum absolute atomic E-state index is 0.321. The van der Waals surface area contributed by atoms with Gasteiger partial charge in [0.1, 0.15) is 0 Å². The van der Waals surface area contributed by atoms with E-state index in [1.807, 2.05) is 11.9 Å². The predicted octanol–water partition coefficient (Wildman–Crippen LogP) is -0.240. The zero-order valence-electron chi connectivity index (χ0n) is 9.54. The number of rotatable bonds is 2. The lowest BCUT2D eigenvalue weighted by Crippen LogP contribution is -2.47. The van der Waals surface area contributed by atoms with Crippen molar-refractivity contribution < 1.29 is 4.79 Å². The lowest BCUT2D eigenvalue weighted by atomic mass is 9.96. The van der Waals surface area contributed by atoms with Gasteiger partial charge in [0, 0.05) is 52.7 Å². The number of carbonyl (C=O) groups excluding carboxylic acids is 1. The fourth-order valence-electron chi connectivity index (χ4n) is 2.42. The summed E-state index contributed by atoms with van der Waals surface area (Å²) in [5.74, 6) is 0.910. The summed E-state index contributed by atoms with van der Waals surface area (Å²) in [5.41, 5.74) is 0. The second-order valence-corrected chi connectivity index (χ2v) is 4.72. The van der Waals surface area contributed by atoms with Crippen LogP contribution in [0.1, 0.15) is 12.8 Å². The minimum atomic E-state index is 0.321. The number of nitrogens with one attached hydrogen (secondary N) is 1. The molecule has 4 nitrogen and oxygen atoms in total. The molecule has 15 heavy (non-hydrogen) atoms. The summed E-state index contributed by atoms with van der Waals surface area (Å²) in [4.78, 5) is 15.9. The van der Waals surface area contributed by atoms with Crippen molar-refractivity contribution in [2.75, 3.05) is 46.3 Å². The molecule has 0 bridgehead atoms. The van der Waals surface area contributed by atoms with Gasteiger partial charge in [0.15, 0.2) is 0 Å². The molecule has 0 spiro atoms.